The van der Waals surface area contributed by atoms with Crippen LogP contribution in [0.2, 0.25) is 5.02 Å². The van der Waals surface area contributed by atoms with Crippen LogP contribution < -0.4 is 14.8 Å². The molecule has 2 aromatic rings. The predicted molar refractivity (Wildman–Crippen MR) is 111 cm³/mol. The summed E-state index contributed by atoms with van der Waals surface area (Å²) in [5.41, 5.74) is 1.73. The van der Waals surface area contributed by atoms with E-state index in [9.17, 15) is 9.59 Å². The van der Waals surface area contributed by atoms with Crippen molar-refractivity contribution >= 4 is 52.2 Å². The quantitative estimate of drug-likeness (QED) is 0.384. The Morgan fingerprint density at radius 3 is 2.48 bits per heavy atom. The van der Waals surface area contributed by atoms with Gasteiger partial charge >= 0.3 is 6.03 Å². The maximum Gasteiger partial charge on any atom is 0.329 e. The third-order valence-corrected chi connectivity index (χ3v) is 5.04. The molecule has 0 atom stereocenters. The van der Waals surface area contributed by atoms with Gasteiger partial charge in [-0.15, -0.1) is 0 Å². The molecule has 27 heavy (non-hydrogen) atoms. The molecular weight excluding hydrogens is 483 g/mol. The molecule has 140 valence electrons. The van der Waals surface area contributed by atoms with Crippen molar-refractivity contribution in [3.8, 4) is 11.5 Å². The van der Waals surface area contributed by atoms with Gasteiger partial charge in [0, 0.05) is 5.02 Å². The second-order valence-corrected chi connectivity index (χ2v) is 7.34. The van der Waals surface area contributed by atoms with E-state index >= 15 is 0 Å². The summed E-state index contributed by atoms with van der Waals surface area (Å²) in [4.78, 5) is 26.0. The van der Waals surface area contributed by atoms with Crippen LogP contribution in [0.15, 0.2) is 42.1 Å². The summed E-state index contributed by atoms with van der Waals surface area (Å²) >= 11 is 7.99. The van der Waals surface area contributed by atoms with Crippen molar-refractivity contribution in [2.45, 2.75) is 6.54 Å². The third kappa shape index (κ3) is 4.19. The Labute approximate surface area is 175 Å². The first-order chi connectivity index (χ1) is 12.9. The lowest BCUT2D eigenvalue weighted by Gasteiger charge is -2.12. The Bertz CT molecular complexity index is 928. The van der Waals surface area contributed by atoms with E-state index in [4.69, 9.17) is 21.1 Å². The molecule has 0 radical (unpaired) electrons. The number of benzene rings is 2. The highest BCUT2D eigenvalue weighted by Gasteiger charge is 2.33. The van der Waals surface area contributed by atoms with Crippen LogP contribution in [0.25, 0.3) is 6.08 Å². The number of urea groups is 1. The van der Waals surface area contributed by atoms with Crippen molar-refractivity contribution in [1.82, 2.24) is 10.2 Å². The van der Waals surface area contributed by atoms with Crippen LogP contribution in [-0.2, 0) is 11.3 Å². The fourth-order valence-corrected chi connectivity index (χ4v) is 3.65. The summed E-state index contributed by atoms with van der Waals surface area (Å²) in [6.07, 6.45) is 1.62. The fraction of sp³-hybridized carbons (Fsp3) is 0.158. The molecule has 0 aromatic heterocycles. The highest BCUT2D eigenvalue weighted by Crippen LogP contribution is 2.34. The number of nitrogens with zero attached hydrogens (tertiary/aromatic N) is 1. The second-order valence-electron chi connectivity index (χ2n) is 5.74. The first kappa shape index (κ1) is 19.5. The average molecular weight is 499 g/mol. The number of halogens is 2. The molecule has 3 rings (SSSR count). The third-order valence-electron chi connectivity index (χ3n) is 3.98. The summed E-state index contributed by atoms with van der Waals surface area (Å²) in [6, 6.07) is 10.1. The first-order valence-corrected chi connectivity index (χ1v) is 9.39. The Morgan fingerprint density at radius 2 is 1.85 bits per heavy atom. The van der Waals surface area contributed by atoms with Crippen molar-refractivity contribution < 1.29 is 19.1 Å². The van der Waals surface area contributed by atoms with Crippen LogP contribution in [0, 0.1) is 3.57 Å². The van der Waals surface area contributed by atoms with Crippen LogP contribution in [-0.4, -0.2) is 31.1 Å². The summed E-state index contributed by atoms with van der Waals surface area (Å²) in [6.45, 7) is 0.169. The summed E-state index contributed by atoms with van der Waals surface area (Å²) in [5, 5.41) is 3.21. The van der Waals surface area contributed by atoms with Crippen LogP contribution in [0.3, 0.4) is 0 Å². The molecule has 3 amide bonds. The first-order valence-electron chi connectivity index (χ1n) is 7.93. The van der Waals surface area contributed by atoms with Crippen molar-refractivity contribution in [1.29, 1.82) is 0 Å². The number of hydrogen-bond donors (Lipinski definition) is 1. The Kier molecular flexibility index (Phi) is 5.91. The second kappa shape index (κ2) is 8.18. The molecular formula is C19H16ClIN2O4. The highest BCUT2D eigenvalue weighted by atomic mass is 127. The number of methoxy groups -OCH3 is 2. The molecule has 0 saturated carbocycles. The van der Waals surface area contributed by atoms with Gasteiger partial charge < -0.3 is 14.8 Å². The number of carbonyl (C=O) groups is 2. The molecule has 0 bridgehead atoms. The molecule has 1 fully saturated rings. The van der Waals surface area contributed by atoms with Gasteiger partial charge in [-0.3, -0.25) is 9.69 Å². The maximum absolute atomic E-state index is 12.6. The number of imide groups is 1. The number of carbonyl (C=O) groups excluding carboxylic acids is 2. The zero-order valence-corrected chi connectivity index (χ0v) is 17.5. The Balaban J connectivity index is 1.86. The van der Waals surface area contributed by atoms with E-state index in [0.29, 0.717) is 22.1 Å². The van der Waals surface area contributed by atoms with Crippen molar-refractivity contribution in [2.75, 3.05) is 14.2 Å². The Hall–Kier alpha value is -2.26. The number of nitrogens with one attached hydrogen (secondary N) is 1. The molecule has 1 saturated heterocycles. The monoisotopic (exact) mass is 498 g/mol. The van der Waals surface area contributed by atoms with Gasteiger partial charge in [-0.25, -0.2) is 4.79 Å². The SMILES string of the molecule is COc1cc(C=C2NC(=O)N(Cc3ccc(Cl)cc3)C2=O)cc(I)c1OC. The molecule has 8 heteroatoms. The fourth-order valence-electron chi connectivity index (χ4n) is 2.68. The van der Waals surface area contributed by atoms with E-state index in [0.717, 1.165) is 14.0 Å². The smallest absolute Gasteiger partial charge is 0.329 e. The zero-order chi connectivity index (χ0) is 19.6. The minimum absolute atomic E-state index is 0.169. The van der Waals surface area contributed by atoms with Gasteiger partial charge in [-0.2, -0.15) is 0 Å². The molecule has 1 aliphatic heterocycles. The van der Waals surface area contributed by atoms with Gasteiger partial charge in [0.15, 0.2) is 11.5 Å². The molecule has 1 aliphatic rings. The lowest BCUT2D eigenvalue weighted by molar-refractivity contribution is -0.123. The number of hydrogen-bond acceptors (Lipinski definition) is 4. The van der Waals surface area contributed by atoms with E-state index in [1.54, 1.807) is 50.6 Å². The minimum Gasteiger partial charge on any atom is -0.493 e. The predicted octanol–water partition coefficient (Wildman–Crippen LogP) is 4.05. The highest BCUT2D eigenvalue weighted by molar-refractivity contribution is 14.1. The van der Waals surface area contributed by atoms with E-state index in [1.165, 1.54) is 0 Å². The van der Waals surface area contributed by atoms with Gasteiger partial charge in [-0.1, -0.05) is 23.7 Å². The van der Waals surface area contributed by atoms with Crippen molar-refractivity contribution in [2.24, 2.45) is 0 Å². The lowest BCUT2D eigenvalue weighted by atomic mass is 10.1. The van der Waals surface area contributed by atoms with E-state index in [-0.39, 0.29) is 18.1 Å². The number of amides is 3. The van der Waals surface area contributed by atoms with E-state index < -0.39 is 6.03 Å². The molecule has 0 spiro atoms. The van der Waals surface area contributed by atoms with Gasteiger partial charge in [0.2, 0.25) is 0 Å². The zero-order valence-electron chi connectivity index (χ0n) is 14.6. The molecule has 2 aromatic carbocycles. The van der Waals surface area contributed by atoms with Gasteiger partial charge in [-0.05, 0) is 64.1 Å². The summed E-state index contributed by atoms with van der Waals surface area (Å²) in [7, 11) is 3.11. The van der Waals surface area contributed by atoms with Gasteiger partial charge in [0.1, 0.15) is 5.70 Å². The lowest BCUT2D eigenvalue weighted by Crippen LogP contribution is -2.30. The number of ether oxygens (including phenoxy) is 2. The van der Waals surface area contributed by atoms with Gasteiger partial charge in [0.05, 0.1) is 24.3 Å². The molecule has 6 nitrogen and oxygen atoms in total. The number of rotatable bonds is 5. The largest absolute Gasteiger partial charge is 0.493 e. The van der Waals surface area contributed by atoms with Crippen LogP contribution in [0.1, 0.15) is 11.1 Å². The molecule has 0 aliphatic carbocycles. The normalized spacial score (nSPS) is 15.3. The standard InChI is InChI=1S/C19H16ClIN2O4/c1-26-16-9-12(7-14(21)17(16)27-2)8-15-18(24)23(19(25)22-15)10-11-3-5-13(20)6-4-11/h3-9H,10H2,1-2H3,(H,22,25). The summed E-state index contributed by atoms with van der Waals surface area (Å²) < 4.78 is 11.5. The van der Waals surface area contributed by atoms with E-state index in [1.807, 2.05) is 6.07 Å². The van der Waals surface area contributed by atoms with Crippen LogP contribution in [0.4, 0.5) is 4.79 Å². The molecule has 0 unspecified atom stereocenters. The van der Waals surface area contributed by atoms with Gasteiger partial charge in [0.25, 0.3) is 5.91 Å². The van der Waals surface area contributed by atoms with Crippen LogP contribution >= 0.6 is 34.2 Å². The minimum atomic E-state index is -0.462. The van der Waals surface area contributed by atoms with Crippen molar-refractivity contribution in [3.63, 3.8) is 0 Å². The molecule has 1 N–H and O–H groups in total. The summed E-state index contributed by atoms with van der Waals surface area (Å²) in [5.74, 6) is 0.775. The topological polar surface area (TPSA) is 67.9 Å². The Morgan fingerprint density at radius 1 is 1.15 bits per heavy atom. The van der Waals surface area contributed by atoms with Crippen molar-refractivity contribution in [3.05, 3.63) is 61.8 Å². The maximum atomic E-state index is 12.6. The van der Waals surface area contributed by atoms with E-state index in [2.05, 4.69) is 27.9 Å². The average Bonchev–Trinajstić information content (AvgIpc) is 2.90. The molecule has 1 heterocycles. The van der Waals surface area contributed by atoms with Crippen LogP contribution in [0.5, 0.6) is 11.5 Å².